The summed E-state index contributed by atoms with van der Waals surface area (Å²) in [6, 6.07) is 1.90. The summed E-state index contributed by atoms with van der Waals surface area (Å²) in [4.78, 5) is 13.3. The van der Waals surface area contributed by atoms with E-state index in [0.717, 1.165) is 41.0 Å². The molecule has 0 radical (unpaired) electrons. The number of nitrogens with one attached hydrogen (secondary N) is 1. The molecule has 2 rings (SSSR count). The Kier molecular flexibility index (Phi) is 4.42. The van der Waals surface area contributed by atoms with E-state index in [1.807, 2.05) is 27.0 Å². The highest BCUT2D eigenvalue weighted by molar-refractivity contribution is 7.99. The number of aromatic nitrogens is 3. The van der Waals surface area contributed by atoms with Gasteiger partial charge in [0.15, 0.2) is 0 Å². The Balaban J connectivity index is 2.25. The van der Waals surface area contributed by atoms with E-state index < -0.39 is 0 Å². The Bertz CT molecular complexity index is 548. The van der Waals surface area contributed by atoms with E-state index in [0.29, 0.717) is 5.22 Å². The van der Waals surface area contributed by atoms with Crippen LogP contribution in [-0.2, 0) is 6.42 Å². The van der Waals surface area contributed by atoms with Crippen LogP contribution in [0.1, 0.15) is 30.6 Å². The van der Waals surface area contributed by atoms with Crippen molar-refractivity contribution in [2.45, 2.75) is 43.9 Å². The summed E-state index contributed by atoms with van der Waals surface area (Å²) in [7, 11) is 1.85. The maximum Gasteiger partial charge on any atom is 0.262 e. The number of hydrogen-bond acceptors (Lipinski definition) is 6. The third-order valence-corrected chi connectivity index (χ3v) is 3.45. The van der Waals surface area contributed by atoms with E-state index >= 15 is 0 Å². The Hall–Kier alpha value is -1.56. The quantitative estimate of drug-likeness (QED) is 0.847. The molecular formula is C13H18N4OS. The third-order valence-electron chi connectivity index (χ3n) is 2.68. The molecule has 0 aromatic carbocycles. The van der Waals surface area contributed by atoms with Crippen molar-refractivity contribution < 1.29 is 4.42 Å². The minimum atomic E-state index is 0.623. The number of oxazole rings is 1. The van der Waals surface area contributed by atoms with E-state index in [2.05, 4.69) is 27.2 Å². The van der Waals surface area contributed by atoms with E-state index in [-0.39, 0.29) is 0 Å². The number of rotatable bonds is 5. The topological polar surface area (TPSA) is 63.8 Å². The molecule has 0 fully saturated rings. The van der Waals surface area contributed by atoms with Crippen molar-refractivity contribution in [3.8, 4) is 0 Å². The van der Waals surface area contributed by atoms with E-state index in [9.17, 15) is 0 Å². The van der Waals surface area contributed by atoms with Crippen LogP contribution in [0.25, 0.3) is 0 Å². The molecule has 0 aliphatic carbocycles. The highest BCUT2D eigenvalue weighted by Crippen LogP contribution is 2.28. The highest BCUT2D eigenvalue weighted by atomic mass is 32.2. The standard InChI is InChI=1S/C13H18N4OS/c1-5-6-10-16-11(14-4)7-12(17-10)19-13-15-8(2)9(3)18-13/h7H,5-6H2,1-4H3,(H,14,16,17). The zero-order valence-electron chi connectivity index (χ0n) is 11.6. The molecule has 0 spiro atoms. The third kappa shape index (κ3) is 3.47. The van der Waals surface area contributed by atoms with Crippen LogP contribution in [0.2, 0.25) is 0 Å². The van der Waals surface area contributed by atoms with E-state index in [1.54, 1.807) is 0 Å². The summed E-state index contributed by atoms with van der Waals surface area (Å²) in [5, 5.41) is 4.53. The normalized spacial score (nSPS) is 10.7. The fourth-order valence-corrected chi connectivity index (χ4v) is 2.41. The van der Waals surface area contributed by atoms with Crippen LogP contribution in [0.3, 0.4) is 0 Å². The van der Waals surface area contributed by atoms with Gasteiger partial charge in [0.1, 0.15) is 22.4 Å². The van der Waals surface area contributed by atoms with Crippen molar-refractivity contribution in [2.24, 2.45) is 0 Å². The van der Waals surface area contributed by atoms with Gasteiger partial charge >= 0.3 is 0 Å². The van der Waals surface area contributed by atoms with Crippen molar-refractivity contribution in [1.82, 2.24) is 15.0 Å². The molecule has 0 aliphatic heterocycles. The van der Waals surface area contributed by atoms with Gasteiger partial charge in [-0.2, -0.15) is 0 Å². The van der Waals surface area contributed by atoms with Crippen LogP contribution in [0.4, 0.5) is 5.82 Å². The molecule has 1 N–H and O–H groups in total. The Morgan fingerprint density at radius 2 is 2.05 bits per heavy atom. The zero-order chi connectivity index (χ0) is 13.8. The lowest BCUT2D eigenvalue weighted by molar-refractivity contribution is 0.431. The minimum absolute atomic E-state index is 0.623. The van der Waals surface area contributed by atoms with Crippen LogP contribution in [0.5, 0.6) is 0 Å². The SMILES string of the molecule is CCCc1nc(NC)cc(Sc2nc(C)c(C)o2)n1. The van der Waals surface area contributed by atoms with Gasteiger partial charge in [0.05, 0.1) is 5.69 Å². The molecule has 0 atom stereocenters. The van der Waals surface area contributed by atoms with Crippen LogP contribution in [-0.4, -0.2) is 22.0 Å². The molecule has 2 heterocycles. The van der Waals surface area contributed by atoms with Gasteiger partial charge in [-0.1, -0.05) is 6.92 Å². The molecule has 5 nitrogen and oxygen atoms in total. The lowest BCUT2D eigenvalue weighted by Crippen LogP contribution is -2.01. The van der Waals surface area contributed by atoms with E-state index in [1.165, 1.54) is 11.8 Å². The second kappa shape index (κ2) is 6.06. The number of hydrogen-bond donors (Lipinski definition) is 1. The summed E-state index contributed by atoms with van der Waals surface area (Å²) >= 11 is 1.42. The molecule has 102 valence electrons. The molecular weight excluding hydrogens is 260 g/mol. The fraction of sp³-hybridized carbons (Fsp3) is 0.462. The highest BCUT2D eigenvalue weighted by Gasteiger charge is 2.10. The lowest BCUT2D eigenvalue weighted by atomic mass is 10.3. The maximum absolute atomic E-state index is 5.56. The molecule has 6 heteroatoms. The van der Waals surface area contributed by atoms with Gasteiger partial charge in [-0.25, -0.2) is 15.0 Å². The van der Waals surface area contributed by atoms with Crippen molar-refractivity contribution in [2.75, 3.05) is 12.4 Å². The summed E-state index contributed by atoms with van der Waals surface area (Å²) in [6.07, 6.45) is 1.89. The van der Waals surface area contributed by atoms with Gasteiger partial charge in [-0.3, -0.25) is 0 Å². The van der Waals surface area contributed by atoms with E-state index in [4.69, 9.17) is 4.42 Å². The predicted octanol–water partition coefficient (Wildman–Crippen LogP) is 3.23. The molecule has 0 saturated carbocycles. The maximum atomic E-state index is 5.56. The predicted molar refractivity (Wildman–Crippen MR) is 75.7 cm³/mol. The van der Waals surface area contributed by atoms with Crippen LogP contribution >= 0.6 is 11.8 Å². The number of anilines is 1. The average molecular weight is 278 g/mol. The first-order chi connectivity index (χ1) is 9.12. The first-order valence-corrected chi connectivity index (χ1v) is 7.11. The molecule has 0 unspecified atom stereocenters. The second-order valence-electron chi connectivity index (χ2n) is 4.23. The minimum Gasteiger partial charge on any atom is -0.436 e. The monoisotopic (exact) mass is 278 g/mol. The van der Waals surface area contributed by atoms with Crippen molar-refractivity contribution in [1.29, 1.82) is 0 Å². The summed E-state index contributed by atoms with van der Waals surface area (Å²) < 4.78 is 5.56. The summed E-state index contributed by atoms with van der Waals surface area (Å²) in [5.41, 5.74) is 0.916. The van der Waals surface area contributed by atoms with Crippen molar-refractivity contribution in [3.63, 3.8) is 0 Å². The van der Waals surface area contributed by atoms with Gasteiger partial charge in [-0.15, -0.1) is 0 Å². The number of nitrogens with zero attached hydrogens (tertiary/aromatic N) is 3. The average Bonchev–Trinajstić information content (AvgIpc) is 2.68. The zero-order valence-corrected chi connectivity index (χ0v) is 12.5. The van der Waals surface area contributed by atoms with Crippen LogP contribution in [0, 0.1) is 13.8 Å². The summed E-state index contributed by atoms with van der Waals surface area (Å²) in [5.74, 6) is 2.51. The van der Waals surface area contributed by atoms with Gasteiger partial charge in [0.25, 0.3) is 5.22 Å². The molecule has 0 amide bonds. The Morgan fingerprint density at radius 3 is 2.63 bits per heavy atom. The smallest absolute Gasteiger partial charge is 0.262 e. The van der Waals surface area contributed by atoms with Gasteiger partial charge < -0.3 is 9.73 Å². The first kappa shape index (κ1) is 13.9. The van der Waals surface area contributed by atoms with Gasteiger partial charge in [0, 0.05) is 19.5 Å². The fourth-order valence-electron chi connectivity index (χ4n) is 1.56. The first-order valence-electron chi connectivity index (χ1n) is 6.30. The molecule has 0 aliphatic rings. The Morgan fingerprint density at radius 1 is 1.26 bits per heavy atom. The molecule has 2 aromatic rings. The Labute approximate surface area is 117 Å². The van der Waals surface area contributed by atoms with Crippen molar-refractivity contribution >= 4 is 17.6 Å². The largest absolute Gasteiger partial charge is 0.436 e. The van der Waals surface area contributed by atoms with Crippen molar-refractivity contribution in [3.05, 3.63) is 23.3 Å². The van der Waals surface area contributed by atoms with Crippen LogP contribution in [0.15, 0.2) is 20.7 Å². The lowest BCUT2D eigenvalue weighted by Gasteiger charge is -2.05. The molecule has 0 saturated heterocycles. The molecule has 0 bridgehead atoms. The van der Waals surface area contributed by atoms with Crippen LogP contribution < -0.4 is 5.32 Å². The van der Waals surface area contributed by atoms with Gasteiger partial charge in [0.2, 0.25) is 0 Å². The molecule has 2 aromatic heterocycles. The molecule has 19 heavy (non-hydrogen) atoms. The van der Waals surface area contributed by atoms with Gasteiger partial charge in [-0.05, 0) is 32.0 Å². The second-order valence-corrected chi connectivity index (χ2v) is 5.20. The number of aryl methyl sites for hydroxylation is 3. The summed E-state index contributed by atoms with van der Waals surface area (Å²) in [6.45, 7) is 5.96.